The first-order chi connectivity index (χ1) is 10.1. The van der Waals surface area contributed by atoms with Gasteiger partial charge in [0, 0.05) is 17.3 Å². The molecule has 3 aromatic rings. The third-order valence-electron chi connectivity index (χ3n) is 2.89. The molecule has 6 heteroatoms. The molecule has 0 aliphatic heterocycles. The third kappa shape index (κ3) is 2.80. The molecule has 0 bridgehead atoms. The minimum absolute atomic E-state index is 0.213. The monoisotopic (exact) mass is 296 g/mol. The summed E-state index contributed by atoms with van der Waals surface area (Å²) >= 11 is 4.94. The van der Waals surface area contributed by atoms with Gasteiger partial charge in [-0.15, -0.1) is 0 Å². The zero-order valence-electron chi connectivity index (χ0n) is 11.3. The molecule has 0 fully saturated rings. The van der Waals surface area contributed by atoms with Gasteiger partial charge in [0.25, 0.3) is 0 Å². The maximum atomic E-state index is 5.79. The third-order valence-corrected chi connectivity index (χ3v) is 3.10. The van der Waals surface area contributed by atoms with Crippen molar-refractivity contribution < 1.29 is 4.74 Å². The maximum absolute atomic E-state index is 5.79. The van der Waals surface area contributed by atoms with Gasteiger partial charge in [-0.2, -0.15) is 4.98 Å². The molecule has 2 N–H and O–H groups in total. The fourth-order valence-electron chi connectivity index (χ4n) is 1.98. The predicted octanol–water partition coefficient (Wildman–Crippen LogP) is 2.76. The second kappa shape index (κ2) is 5.41. The number of rotatable bonds is 3. The summed E-state index contributed by atoms with van der Waals surface area (Å²) in [5.74, 6) is 0.639. The Bertz CT molecular complexity index is 830. The van der Waals surface area contributed by atoms with Crippen LogP contribution in [0, 0.1) is 6.92 Å². The van der Waals surface area contributed by atoms with Crippen molar-refractivity contribution in [2.24, 2.45) is 5.73 Å². The summed E-state index contributed by atoms with van der Waals surface area (Å²) in [6, 6.07) is 11.4. The van der Waals surface area contributed by atoms with Crippen molar-refractivity contribution in [3.8, 4) is 11.8 Å². The zero-order valence-corrected chi connectivity index (χ0v) is 12.1. The summed E-state index contributed by atoms with van der Waals surface area (Å²) in [5, 5.41) is 0.891. The molecular weight excluding hydrogens is 284 g/mol. The molecule has 1 aromatic carbocycles. The molecule has 0 aliphatic rings. The van der Waals surface area contributed by atoms with Crippen LogP contribution in [0.1, 0.15) is 11.4 Å². The number of hydrogen-bond donors (Lipinski definition) is 1. The van der Waals surface area contributed by atoms with E-state index in [1.165, 1.54) is 0 Å². The molecule has 0 radical (unpaired) electrons. The summed E-state index contributed by atoms with van der Waals surface area (Å²) in [6.45, 7) is 1.83. The van der Waals surface area contributed by atoms with Crippen LogP contribution in [0.3, 0.4) is 0 Å². The molecule has 2 aromatic heterocycles. The van der Waals surface area contributed by atoms with Gasteiger partial charge in [0.2, 0.25) is 0 Å². The van der Waals surface area contributed by atoms with Crippen LogP contribution in [0.25, 0.3) is 10.9 Å². The van der Waals surface area contributed by atoms with Gasteiger partial charge in [-0.3, -0.25) is 4.98 Å². The lowest BCUT2D eigenvalue weighted by Crippen LogP contribution is -2.13. The van der Waals surface area contributed by atoms with Crippen molar-refractivity contribution in [2.75, 3.05) is 0 Å². The Morgan fingerprint density at radius 3 is 2.86 bits per heavy atom. The van der Waals surface area contributed by atoms with E-state index in [4.69, 9.17) is 22.7 Å². The van der Waals surface area contributed by atoms with Crippen molar-refractivity contribution in [3.05, 3.63) is 54.0 Å². The lowest BCUT2D eigenvalue weighted by Gasteiger charge is -2.08. The molecule has 0 atom stereocenters. The fourth-order valence-corrected chi connectivity index (χ4v) is 2.08. The minimum Gasteiger partial charge on any atom is -0.424 e. The van der Waals surface area contributed by atoms with Crippen molar-refractivity contribution >= 4 is 28.1 Å². The second-order valence-corrected chi connectivity index (χ2v) is 4.91. The number of fused-ring (bicyclic) bond motifs is 1. The Balaban J connectivity index is 2.05. The summed E-state index contributed by atoms with van der Waals surface area (Å²) in [4.78, 5) is 13.0. The van der Waals surface area contributed by atoms with Crippen LogP contribution in [0.15, 0.2) is 42.6 Å². The standard InChI is InChI=1S/C15H12N4OS/c1-9-8-12(14(16)21)19-15(18-9)20-13-6-2-5-11-10(13)4-3-7-17-11/h2-8H,1H3,(H2,16,21). The maximum Gasteiger partial charge on any atom is 0.322 e. The normalized spacial score (nSPS) is 10.5. The SMILES string of the molecule is Cc1cc(C(N)=S)nc(Oc2cccc3ncccc23)n1. The van der Waals surface area contributed by atoms with Crippen molar-refractivity contribution in [3.63, 3.8) is 0 Å². The number of aryl methyl sites for hydroxylation is 1. The van der Waals surface area contributed by atoms with Crippen molar-refractivity contribution in [1.29, 1.82) is 0 Å². The van der Waals surface area contributed by atoms with Crippen molar-refractivity contribution in [2.45, 2.75) is 6.92 Å². The molecule has 0 saturated carbocycles. The highest BCUT2D eigenvalue weighted by Gasteiger charge is 2.09. The molecule has 3 rings (SSSR count). The Kier molecular flexibility index (Phi) is 3.45. The summed E-state index contributed by atoms with van der Waals surface area (Å²) in [5.41, 5.74) is 7.68. The molecule has 0 saturated heterocycles. The lowest BCUT2D eigenvalue weighted by atomic mass is 10.2. The molecule has 0 spiro atoms. The van der Waals surface area contributed by atoms with Crippen LogP contribution >= 0.6 is 12.2 Å². The van der Waals surface area contributed by atoms with Crippen LogP contribution in [0.5, 0.6) is 11.8 Å². The van der Waals surface area contributed by atoms with E-state index >= 15 is 0 Å². The lowest BCUT2D eigenvalue weighted by molar-refractivity contribution is 0.445. The number of nitrogens with zero attached hydrogens (tertiary/aromatic N) is 3. The zero-order chi connectivity index (χ0) is 14.8. The van der Waals surface area contributed by atoms with Crippen LogP contribution in [-0.4, -0.2) is 19.9 Å². The van der Waals surface area contributed by atoms with E-state index in [-0.39, 0.29) is 11.0 Å². The van der Waals surface area contributed by atoms with Gasteiger partial charge in [-0.1, -0.05) is 18.3 Å². The molecule has 0 aliphatic carbocycles. The van der Waals surface area contributed by atoms with Gasteiger partial charge >= 0.3 is 6.01 Å². The van der Waals surface area contributed by atoms with Gasteiger partial charge in [0.1, 0.15) is 16.4 Å². The van der Waals surface area contributed by atoms with Gasteiger partial charge < -0.3 is 10.5 Å². The highest BCUT2D eigenvalue weighted by Crippen LogP contribution is 2.27. The summed E-state index contributed by atoms with van der Waals surface area (Å²) < 4.78 is 5.79. The van der Waals surface area contributed by atoms with Gasteiger partial charge in [-0.25, -0.2) is 4.98 Å². The average molecular weight is 296 g/mol. The molecular formula is C15H12N4OS. The molecule has 104 valence electrons. The van der Waals surface area contributed by atoms with E-state index in [0.29, 0.717) is 11.4 Å². The van der Waals surface area contributed by atoms with Crippen molar-refractivity contribution in [1.82, 2.24) is 15.0 Å². The van der Waals surface area contributed by atoms with Crippen LogP contribution < -0.4 is 10.5 Å². The molecule has 2 heterocycles. The van der Waals surface area contributed by atoms with E-state index in [1.807, 2.05) is 37.3 Å². The Morgan fingerprint density at radius 2 is 2.05 bits per heavy atom. The smallest absolute Gasteiger partial charge is 0.322 e. The Hall–Kier alpha value is -2.60. The van der Waals surface area contributed by atoms with E-state index in [1.54, 1.807) is 12.3 Å². The molecule has 0 amide bonds. The first-order valence-electron chi connectivity index (χ1n) is 6.30. The second-order valence-electron chi connectivity index (χ2n) is 4.47. The molecule has 5 nitrogen and oxygen atoms in total. The number of benzene rings is 1. The quantitative estimate of drug-likeness (QED) is 0.749. The topological polar surface area (TPSA) is 73.9 Å². The minimum atomic E-state index is 0.213. The Labute approximate surface area is 126 Å². The number of ether oxygens (including phenoxy) is 1. The number of pyridine rings is 1. The predicted molar refractivity (Wildman–Crippen MR) is 84.5 cm³/mol. The fraction of sp³-hybridized carbons (Fsp3) is 0.0667. The first kappa shape index (κ1) is 13.4. The van der Waals surface area contributed by atoms with Gasteiger partial charge in [0.05, 0.1) is 5.52 Å². The van der Waals surface area contributed by atoms with Crippen LogP contribution in [0.2, 0.25) is 0 Å². The van der Waals surface area contributed by atoms with Crippen LogP contribution in [0.4, 0.5) is 0 Å². The number of aromatic nitrogens is 3. The molecule has 21 heavy (non-hydrogen) atoms. The summed E-state index contributed by atoms with van der Waals surface area (Å²) in [6.07, 6.45) is 1.74. The highest BCUT2D eigenvalue weighted by atomic mass is 32.1. The molecule has 0 unspecified atom stereocenters. The average Bonchev–Trinajstić information content (AvgIpc) is 2.47. The largest absolute Gasteiger partial charge is 0.424 e. The first-order valence-corrected chi connectivity index (χ1v) is 6.71. The highest BCUT2D eigenvalue weighted by molar-refractivity contribution is 7.80. The summed E-state index contributed by atoms with van der Waals surface area (Å²) in [7, 11) is 0. The van der Waals surface area contributed by atoms with E-state index < -0.39 is 0 Å². The van der Waals surface area contributed by atoms with Gasteiger partial charge in [-0.05, 0) is 37.3 Å². The number of hydrogen-bond acceptors (Lipinski definition) is 5. The Morgan fingerprint density at radius 1 is 1.19 bits per heavy atom. The van der Waals surface area contributed by atoms with Gasteiger partial charge in [0.15, 0.2) is 0 Å². The van der Waals surface area contributed by atoms with E-state index in [9.17, 15) is 0 Å². The van der Waals surface area contributed by atoms with E-state index in [0.717, 1.165) is 16.6 Å². The van der Waals surface area contributed by atoms with Crippen LogP contribution in [-0.2, 0) is 0 Å². The van der Waals surface area contributed by atoms with E-state index in [2.05, 4.69) is 15.0 Å². The number of nitrogens with two attached hydrogens (primary N) is 1. The number of thiocarbonyl (C=S) groups is 1.